The van der Waals surface area contributed by atoms with E-state index < -0.39 is 0 Å². The number of fused-ring (bicyclic) bond motifs is 8. The Morgan fingerprint density at radius 3 is 1.58 bits per heavy atom. The molecular weight excluding hydrogens is 982 g/mol. The van der Waals surface area contributed by atoms with Gasteiger partial charge in [0.2, 0.25) is 0 Å². The quantitative estimate of drug-likeness (QED) is 0.155. The lowest BCUT2D eigenvalue weighted by molar-refractivity contribution is 0.573. The molecule has 0 radical (unpaired) electrons. The fraction of sp³-hybridized carbons (Fsp3) is 0.211. The average molecular weight is 1050 g/mol. The van der Waals surface area contributed by atoms with Gasteiger partial charge in [0.05, 0.1) is 22.4 Å². The van der Waals surface area contributed by atoms with E-state index in [0.717, 1.165) is 55.2 Å². The van der Waals surface area contributed by atoms with Gasteiger partial charge in [-0.15, -0.1) is 0 Å². The molecule has 9 aromatic carbocycles. The first-order valence-electron chi connectivity index (χ1n) is 28.8. The molecule has 2 aliphatic heterocycles. The number of aromatic nitrogens is 1. The van der Waals surface area contributed by atoms with Crippen molar-refractivity contribution in [1.29, 1.82) is 0 Å². The van der Waals surface area contributed by atoms with E-state index in [1.165, 1.54) is 106 Å². The van der Waals surface area contributed by atoms with Gasteiger partial charge in [-0.25, -0.2) is 0 Å². The van der Waals surface area contributed by atoms with E-state index in [1.807, 2.05) is 24.3 Å². The summed E-state index contributed by atoms with van der Waals surface area (Å²) < 4.78 is 9.11. The van der Waals surface area contributed by atoms with Crippen LogP contribution in [-0.4, -0.2) is 11.3 Å². The van der Waals surface area contributed by atoms with E-state index in [1.54, 1.807) is 0 Å². The Hall–Kier alpha value is -8.54. The topological polar surface area (TPSA) is 24.6 Å². The summed E-state index contributed by atoms with van der Waals surface area (Å²) in [6.45, 7) is 39.1. The Labute approximate surface area is 479 Å². The summed E-state index contributed by atoms with van der Waals surface area (Å²) >= 11 is 0. The highest BCUT2D eigenvalue weighted by molar-refractivity contribution is 7.00. The zero-order valence-corrected chi connectivity index (χ0v) is 49.5. The van der Waals surface area contributed by atoms with Crippen LogP contribution in [0.2, 0.25) is 0 Å². The zero-order valence-electron chi connectivity index (χ0n) is 49.5. The normalized spacial score (nSPS) is 13.7. The van der Waals surface area contributed by atoms with Gasteiger partial charge in [0.15, 0.2) is 0 Å². The van der Waals surface area contributed by atoms with Gasteiger partial charge in [-0.3, -0.25) is 0 Å². The van der Waals surface area contributed by atoms with Gasteiger partial charge in [-0.05, 0) is 195 Å². The number of hydrogen-bond acceptors (Lipinski definition) is 3. The molecule has 0 unspecified atom stereocenters. The molecule has 0 N–H and O–H groups in total. The predicted octanol–water partition coefficient (Wildman–Crippen LogP) is 17.2. The highest BCUT2D eigenvalue weighted by Crippen LogP contribution is 2.51. The first kappa shape index (κ1) is 51.9. The standard InChI is InChI=1S/C76H72BN3O/c1-16-57(73-49(6)58-29-23-24-30-69(58)81-73)52-37-47(4)72(48(5)38-52)80-66-44-64-60(59-39-53(74(7,8)9)32-34-63(59)78(64)56-27-21-18-22-28-56)43-62(66)77-61-33-31-54(75(10,11)12)40-65(61)79(67-41-55(76(13,14)15)42-68(80)70(67)77)71-45(2)35-51(36-46(71)3)50-25-19-17-20-26-50/h16-44H,1,6H2,2-5,7-15H3/b73-57-. The van der Waals surface area contributed by atoms with Gasteiger partial charge in [-0.1, -0.05) is 173 Å². The maximum atomic E-state index is 6.61. The monoisotopic (exact) mass is 1050 g/mol. The van der Waals surface area contributed by atoms with E-state index in [4.69, 9.17) is 4.42 Å². The third-order valence-corrected chi connectivity index (χ3v) is 17.6. The second-order valence-corrected chi connectivity index (χ2v) is 26.2. The smallest absolute Gasteiger partial charge is 0.252 e. The van der Waals surface area contributed by atoms with Crippen LogP contribution in [0.15, 0.2) is 187 Å². The maximum absolute atomic E-state index is 6.61. The van der Waals surface area contributed by atoms with Gasteiger partial charge in [0.25, 0.3) is 6.71 Å². The molecule has 81 heavy (non-hydrogen) atoms. The Bertz CT molecular complexity index is 4510. The zero-order chi connectivity index (χ0) is 56.8. The second-order valence-electron chi connectivity index (χ2n) is 26.2. The number of hydrogen-bond donors (Lipinski definition) is 0. The van der Waals surface area contributed by atoms with Crippen LogP contribution in [0.25, 0.3) is 61.7 Å². The Kier molecular flexibility index (Phi) is 11.9. The van der Waals surface area contributed by atoms with Crippen LogP contribution >= 0.6 is 0 Å². The molecule has 0 bridgehead atoms. The summed E-state index contributed by atoms with van der Waals surface area (Å²) in [7, 11) is 0. The summed E-state index contributed by atoms with van der Waals surface area (Å²) in [5, 5.41) is 4.39. The van der Waals surface area contributed by atoms with Gasteiger partial charge < -0.3 is 18.8 Å². The number of rotatable bonds is 6. The number of allylic oxidation sites excluding steroid dienone is 1. The Morgan fingerprint density at radius 2 is 0.988 bits per heavy atom. The number of aryl methyl sites for hydroxylation is 4. The number of nitrogens with zero attached hydrogens (tertiary/aromatic N) is 3. The minimum Gasteiger partial charge on any atom is -0.455 e. The van der Waals surface area contributed by atoms with E-state index in [9.17, 15) is 0 Å². The maximum Gasteiger partial charge on any atom is 0.252 e. The van der Waals surface area contributed by atoms with Gasteiger partial charge >= 0.3 is 0 Å². The minimum absolute atomic E-state index is 0.0468. The van der Waals surface area contributed by atoms with Crippen molar-refractivity contribution in [2.45, 2.75) is 106 Å². The first-order chi connectivity index (χ1) is 38.6. The molecule has 0 aliphatic carbocycles. The van der Waals surface area contributed by atoms with Crippen LogP contribution in [0, 0.1) is 27.7 Å². The number of benzene rings is 9. The molecule has 5 heteroatoms. The van der Waals surface area contributed by atoms with E-state index in [-0.39, 0.29) is 23.0 Å². The predicted molar refractivity (Wildman–Crippen MR) is 349 cm³/mol. The van der Waals surface area contributed by atoms with Crippen molar-refractivity contribution in [1.82, 2.24) is 4.57 Å². The fourth-order valence-corrected chi connectivity index (χ4v) is 13.4. The van der Waals surface area contributed by atoms with Crippen LogP contribution in [0.3, 0.4) is 0 Å². The first-order valence-corrected chi connectivity index (χ1v) is 28.8. The molecule has 400 valence electrons. The van der Waals surface area contributed by atoms with Gasteiger partial charge in [0, 0.05) is 55.4 Å². The van der Waals surface area contributed by atoms with Gasteiger partial charge in [-0.2, -0.15) is 0 Å². The summed E-state index contributed by atoms with van der Waals surface area (Å²) in [6.07, 6.45) is 1.93. The molecule has 0 saturated carbocycles. The number of anilines is 6. The lowest BCUT2D eigenvalue weighted by Crippen LogP contribution is -2.61. The molecule has 0 spiro atoms. The highest BCUT2D eigenvalue weighted by atomic mass is 16.3. The highest BCUT2D eigenvalue weighted by Gasteiger charge is 2.46. The molecule has 2 aromatic heterocycles. The molecular formula is C76H72BN3O. The van der Waals surface area contributed by atoms with Crippen molar-refractivity contribution in [2.24, 2.45) is 0 Å². The molecule has 13 rings (SSSR count). The van der Waals surface area contributed by atoms with E-state index >= 15 is 0 Å². The van der Waals surface area contributed by atoms with Crippen LogP contribution in [-0.2, 0) is 16.2 Å². The number of furan rings is 1. The molecule has 2 aliphatic rings. The molecule has 0 fully saturated rings. The lowest BCUT2D eigenvalue weighted by atomic mass is 9.33. The molecule has 4 nitrogen and oxygen atoms in total. The molecule has 0 atom stereocenters. The largest absolute Gasteiger partial charge is 0.455 e. The summed E-state index contributed by atoms with van der Waals surface area (Å²) in [4.78, 5) is 5.30. The van der Waals surface area contributed by atoms with Crippen LogP contribution in [0.5, 0.6) is 0 Å². The minimum atomic E-state index is -0.206. The average Bonchev–Trinajstić information content (AvgIpc) is 2.87. The Morgan fingerprint density at radius 1 is 0.469 bits per heavy atom. The van der Waals surface area contributed by atoms with Crippen LogP contribution < -0.4 is 36.8 Å². The third-order valence-electron chi connectivity index (χ3n) is 17.6. The summed E-state index contributed by atoms with van der Waals surface area (Å²) in [5.41, 5.74) is 28.9. The van der Waals surface area contributed by atoms with E-state index in [2.05, 4.69) is 269 Å². The van der Waals surface area contributed by atoms with Crippen LogP contribution in [0.1, 0.15) is 107 Å². The van der Waals surface area contributed by atoms with Crippen molar-refractivity contribution >= 4 is 102 Å². The molecule has 0 saturated heterocycles. The lowest BCUT2D eigenvalue weighted by Gasteiger charge is -2.46. The van der Waals surface area contributed by atoms with Crippen molar-refractivity contribution in [3.8, 4) is 16.8 Å². The van der Waals surface area contributed by atoms with Crippen molar-refractivity contribution in [3.63, 3.8) is 0 Å². The van der Waals surface area contributed by atoms with Crippen molar-refractivity contribution in [2.75, 3.05) is 9.80 Å². The second kappa shape index (κ2) is 18.5. The Balaban J connectivity index is 1.18. The van der Waals surface area contributed by atoms with Gasteiger partial charge in [0.1, 0.15) is 11.0 Å². The molecule has 4 heterocycles. The SMILES string of the molecule is C=C/C(c1cc(C)c(N2c3cc4c(cc3B3c5ccc(C(C)(C)C)cc5N(c5c(C)cc(-c6ccccc6)cc5C)c5cc(C(C)(C)C)cc2c53)c2cc(C(C)(C)C)ccc2n4-c2ccccc2)c(C)c1)=c1/oc2ccccc2c1=C. The molecule has 0 amide bonds. The van der Waals surface area contributed by atoms with Crippen molar-refractivity contribution in [3.05, 3.63) is 238 Å². The van der Waals surface area contributed by atoms with E-state index in [0.29, 0.717) is 0 Å². The van der Waals surface area contributed by atoms with Crippen LogP contribution in [0.4, 0.5) is 34.1 Å². The summed E-state index contributed by atoms with van der Waals surface area (Å²) in [5.74, 6) is 0. The fourth-order valence-electron chi connectivity index (χ4n) is 13.4. The number of para-hydroxylation sites is 2. The van der Waals surface area contributed by atoms with Crippen molar-refractivity contribution < 1.29 is 4.42 Å². The summed E-state index contributed by atoms with van der Waals surface area (Å²) in [6, 6.07) is 64.2. The molecule has 11 aromatic rings. The third kappa shape index (κ3) is 8.25.